The first-order valence-electron chi connectivity index (χ1n) is 6.94. The second kappa shape index (κ2) is 7.33. The van der Waals surface area contributed by atoms with Crippen molar-refractivity contribution in [1.82, 2.24) is 15.0 Å². The molecule has 2 aromatic rings. The van der Waals surface area contributed by atoms with E-state index >= 15 is 0 Å². The highest BCUT2D eigenvalue weighted by molar-refractivity contribution is 7.11. The van der Waals surface area contributed by atoms with Gasteiger partial charge in [0.25, 0.3) is 0 Å². The zero-order chi connectivity index (χ0) is 15.2. The van der Waals surface area contributed by atoms with Crippen LogP contribution in [0.2, 0.25) is 0 Å². The molecule has 6 nitrogen and oxygen atoms in total. The predicted molar refractivity (Wildman–Crippen MR) is 85.8 cm³/mol. The minimum atomic E-state index is 0.100. The quantitative estimate of drug-likeness (QED) is 0.819. The van der Waals surface area contributed by atoms with Gasteiger partial charge in [-0.2, -0.15) is 0 Å². The fourth-order valence-corrected chi connectivity index (χ4v) is 2.59. The van der Waals surface area contributed by atoms with Crippen LogP contribution < -0.4 is 10.6 Å². The van der Waals surface area contributed by atoms with E-state index in [4.69, 9.17) is 4.74 Å². The third-order valence-corrected chi connectivity index (χ3v) is 3.93. The van der Waals surface area contributed by atoms with Crippen molar-refractivity contribution >= 4 is 23.0 Å². The van der Waals surface area contributed by atoms with E-state index in [1.54, 1.807) is 11.3 Å². The van der Waals surface area contributed by atoms with Crippen LogP contribution in [0.1, 0.15) is 35.6 Å². The number of ether oxygens (including phenoxy) is 1. The molecule has 2 aromatic heterocycles. The summed E-state index contributed by atoms with van der Waals surface area (Å²) in [4.78, 5) is 14.5. The van der Waals surface area contributed by atoms with Crippen LogP contribution in [-0.4, -0.2) is 28.6 Å². The largest absolute Gasteiger partial charge is 0.374 e. The molecule has 0 saturated carbocycles. The molecule has 0 fully saturated rings. The Hall–Kier alpha value is -1.73. The zero-order valence-corrected chi connectivity index (χ0v) is 13.6. The summed E-state index contributed by atoms with van der Waals surface area (Å²) >= 11 is 1.69. The fourth-order valence-electron chi connectivity index (χ4n) is 1.81. The number of hydrogen-bond donors (Lipinski definition) is 2. The molecule has 21 heavy (non-hydrogen) atoms. The van der Waals surface area contributed by atoms with Crippen LogP contribution in [0.5, 0.6) is 0 Å². The molecule has 0 amide bonds. The highest BCUT2D eigenvalue weighted by Crippen LogP contribution is 2.23. The highest BCUT2D eigenvalue weighted by Gasteiger charge is 2.11. The van der Waals surface area contributed by atoms with E-state index in [9.17, 15) is 0 Å². The molecule has 1 unspecified atom stereocenters. The molecule has 2 N–H and O–H groups in total. The SMILES string of the molecule is CCOCc1nc(NC)cc(NC(C)c2ncc(C)s2)n1. The Morgan fingerprint density at radius 1 is 1.33 bits per heavy atom. The molecule has 7 heteroatoms. The van der Waals surface area contributed by atoms with Gasteiger partial charge in [0.05, 0.1) is 6.04 Å². The Labute approximate surface area is 129 Å². The molecule has 0 aromatic carbocycles. The van der Waals surface area contributed by atoms with Crippen LogP contribution in [0.15, 0.2) is 12.3 Å². The summed E-state index contributed by atoms with van der Waals surface area (Å²) in [5.74, 6) is 2.20. The molecular formula is C14H21N5OS. The van der Waals surface area contributed by atoms with Crippen molar-refractivity contribution in [3.05, 3.63) is 28.0 Å². The van der Waals surface area contributed by atoms with Crippen molar-refractivity contribution in [3.8, 4) is 0 Å². The molecule has 0 spiro atoms. The molecule has 0 aliphatic rings. The summed E-state index contributed by atoms with van der Waals surface area (Å²) in [5.41, 5.74) is 0. The molecule has 2 rings (SSSR count). The fraction of sp³-hybridized carbons (Fsp3) is 0.500. The summed E-state index contributed by atoms with van der Waals surface area (Å²) in [6.45, 7) is 7.13. The number of nitrogens with one attached hydrogen (secondary N) is 2. The van der Waals surface area contributed by atoms with Crippen molar-refractivity contribution in [2.45, 2.75) is 33.4 Å². The number of nitrogens with zero attached hydrogens (tertiary/aromatic N) is 3. The average Bonchev–Trinajstić information content (AvgIpc) is 2.91. The minimum absolute atomic E-state index is 0.100. The zero-order valence-electron chi connectivity index (χ0n) is 12.8. The topological polar surface area (TPSA) is 72.0 Å². The van der Waals surface area contributed by atoms with Gasteiger partial charge in [-0.15, -0.1) is 11.3 Å². The maximum atomic E-state index is 5.38. The van der Waals surface area contributed by atoms with Crippen LogP contribution in [0.4, 0.5) is 11.6 Å². The van der Waals surface area contributed by atoms with Gasteiger partial charge in [-0.05, 0) is 20.8 Å². The Morgan fingerprint density at radius 3 is 2.71 bits per heavy atom. The molecule has 114 valence electrons. The molecule has 1 atom stereocenters. The Balaban J connectivity index is 2.14. The molecule has 0 aliphatic heterocycles. The lowest BCUT2D eigenvalue weighted by Gasteiger charge is -2.14. The molecular weight excluding hydrogens is 286 g/mol. The summed E-state index contributed by atoms with van der Waals surface area (Å²) < 4.78 is 5.38. The number of aryl methyl sites for hydroxylation is 1. The van der Waals surface area contributed by atoms with Gasteiger partial charge in [0.15, 0.2) is 5.82 Å². The monoisotopic (exact) mass is 307 g/mol. The van der Waals surface area contributed by atoms with Crippen molar-refractivity contribution in [2.75, 3.05) is 24.3 Å². The van der Waals surface area contributed by atoms with Gasteiger partial charge >= 0.3 is 0 Å². The third-order valence-electron chi connectivity index (χ3n) is 2.84. The number of thiazole rings is 1. The molecule has 0 aliphatic carbocycles. The summed E-state index contributed by atoms with van der Waals surface area (Å²) in [7, 11) is 1.84. The smallest absolute Gasteiger partial charge is 0.158 e. The van der Waals surface area contributed by atoms with Gasteiger partial charge in [-0.3, -0.25) is 0 Å². The maximum Gasteiger partial charge on any atom is 0.158 e. The minimum Gasteiger partial charge on any atom is -0.374 e. The predicted octanol–water partition coefficient (Wildman–Crippen LogP) is 2.99. The van der Waals surface area contributed by atoms with Gasteiger partial charge in [0.1, 0.15) is 23.3 Å². The van der Waals surface area contributed by atoms with Gasteiger partial charge in [-0.25, -0.2) is 15.0 Å². The lowest BCUT2D eigenvalue weighted by molar-refractivity contribution is 0.128. The van der Waals surface area contributed by atoms with E-state index in [1.165, 1.54) is 4.88 Å². The Bertz CT molecular complexity index is 586. The Morgan fingerprint density at radius 2 is 2.10 bits per heavy atom. The number of anilines is 2. The first-order valence-corrected chi connectivity index (χ1v) is 7.76. The molecule has 0 radical (unpaired) electrons. The van der Waals surface area contributed by atoms with E-state index in [0.717, 1.165) is 16.6 Å². The highest BCUT2D eigenvalue weighted by atomic mass is 32.1. The standard InChI is InChI=1S/C14H21N5OS/c1-5-20-8-13-18-11(15-4)6-12(19-13)17-10(3)14-16-7-9(2)21-14/h6-7,10H,5,8H2,1-4H3,(H2,15,17,18,19). The van der Waals surface area contributed by atoms with Crippen LogP contribution >= 0.6 is 11.3 Å². The van der Waals surface area contributed by atoms with Crippen LogP contribution in [0.3, 0.4) is 0 Å². The van der Waals surface area contributed by atoms with Gasteiger partial charge in [0.2, 0.25) is 0 Å². The number of rotatable bonds is 7. The van der Waals surface area contributed by atoms with Gasteiger partial charge < -0.3 is 15.4 Å². The van der Waals surface area contributed by atoms with E-state index in [0.29, 0.717) is 19.0 Å². The van der Waals surface area contributed by atoms with Crippen molar-refractivity contribution in [2.24, 2.45) is 0 Å². The van der Waals surface area contributed by atoms with Gasteiger partial charge in [0, 0.05) is 30.8 Å². The number of aromatic nitrogens is 3. The van der Waals surface area contributed by atoms with Gasteiger partial charge in [-0.1, -0.05) is 0 Å². The van der Waals surface area contributed by atoms with E-state index < -0.39 is 0 Å². The second-order valence-electron chi connectivity index (χ2n) is 4.62. The Kier molecular flexibility index (Phi) is 5.46. The van der Waals surface area contributed by atoms with Crippen LogP contribution in [-0.2, 0) is 11.3 Å². The lowest BCUT2D eigenvalue weighted by Crippen LogP contribution is -2.11. The summed E-state index contributed by atoms with van der Waals surface area (Å²) in [6, 6.07) is 1.98. The van der Waals surface area contributed by atoms with Crippen LogP contribution in [0.25, 0.3) is 0 Å². The average molecular weight is 307 g/mol. The number of hydrogen-bond acceptors (Lipinski definition) is 7. The summed E-state index contributed by atoms with van der Waals surface area (Å²) in [5, 5.41) is 7.45. The maximum absolute atomic E-state index is 5.38. The molecule has 0 saturated heterocycles. The summed E-state index contributed by atoms with van der Waals surface area (Å²) in [6.07, 6.45) is 1.89. The first-order chi connectivity index (χ1) is 10.1. The first kappa shape index (κ1) is 15.7. The molecule has 0 bridgehead atoms. The van der Waals surface area contributed by atoms with Crippen molar-refractivity contribution < 1.29 is 4.74 Å². The van der Waals surface area contributed by atoms with Crippen molar-refractivity contribution in [3.63, 3.8) is 0 Å². The van der Waals surface area contributed by atoms with E-state index in [2.05, 4.69) is 39.4 Å². The lowest BCUT2D eigenvalue weighted by atomic mass is 10.3. The van der Waals surface area contributed by atoms with Crippen LogP contribution in [0, 0.1) is 6.92 Å². The van der Waals surface area contributed by atoms with Crippen molar-refractivity contribution in [1.29, 1.82) is 0 Å². The second-order valence-corrected chi connectivity index (χ2v) is 5.88. The third kappa shape index (κ3) is 4.37. The molecule has 2 heterocycles. The normalized spacial score (nSPS) is 12.2. The van der Waals surface area contributed by atoms with E-state index in [-0.39, 0.29) is 6.04 Å². The van der Waals surface area contributed by atoms with E-state index in [1.807, 2.05) is 26.2 Å².